The summed E-state index contributed by atoms with van der Waals surface area (Å²) in [6, 6.07) is 15.5. The largest absolute Gasteiger partial charge is 0.331 e. The van der Waals surface area contributed by atoms with Crippen molar-refractivity contribution in [2.45, 2.75) is 20.4 Å². The molecule has 162 valence electrons. The fourth-order valence-electron chi connectivity index (χ4n) is 3.71. The number of nitrogens with zero attached hydrogens (tertiary/aromatic N) is 2. The minimum Gasteiger partial charge on any atom is -0.318 e. The maximum atomic E-state index is 13.0. The van der Waals surface area contributed by atoms with Gasteiger partial charge in [-0.1, -0.05) is 53.5 Å². The van der Waals surface area contributed by atoms with Crippen molar-refractivity contribution in [3.63, 3.8) is 0 Å². The first kappa shape index (κ1) is 21.9. The number of aromatic nitrogens is 1. The molecule has 0 spiro atoms. The number of urea groups is 1. The third-order valence-corrected chi connectivity index (χ3v) is 6.04. The van der Waals surface area contributed by atoms with Crippen molar-refractivity contribution >= 4 is 47.1 Å². The van der Waals surface area contributed by atoms with Crippen molar-refractivity contribution < 1.29 is 14.4 Å². The summed E-state index contributed by atoms with van der Waals surface area (Å²) in [6.45, 7) is 3.85. The van der Waals surface area contributed by atoms with Gasteiger partial charge in [-0.05, 0) is 55.3 Å². The van der Waals surface area contributed by atoms with Crippen LogP contribution < -0.4 is 5.32 Å². The van der Waals surface area contributed by atoms with Crippen LogP contribution in [-0.2, 0) is 16.1 Å². The second-order valence-corrected chi connectivity index (χ2v) is 8.27. The Labute approximate surface area is 195 Å². The van der Waals surface area contributed by atoms with Gasteiger partial charge in [-0.25, -0.2) is 4.79 Å². The standard InChI is InChI=1S/C24H19Cl2N3O3/c1-14-10-17(15(2)29(14)18-8-9-20(25)21(26)12-18)11-19-22(30)27-24(32)28(23(19)31)13-16-6-4-3-5-7-16/h3-12H,13H2,1-2H3,(H,27,30,32)/b19-11+. The topological polar surface area (TPSA) is 71.4 Å². The van der Waals surface area contributed by atoms with E-state index in [0.29, 0.717) is 15.6 Å². The molecule has 1 aliphatic rings. The molecule has 4 rings (SSSR count). The Bertz CT molecular complexity index is 1280. The number of imide groups is 2. The molecule has 1 fully saturated rings. The molecule has 1 saturated heterocycles. The lowest BCUT2D eigenvalue weighted by Crippen LogP contribution is -2.53. The van der Waals surface area contributed by atoms with Crippen molar-refractivity contribution in [2.24, 2.45) is 0 Å². The number of carbonyl (C=O) groups is 3. The Morgan fingerprint density at radius 3 is 2.34 bits per heavy atom. The first-order valence-corrected chi connectivity index (χ1v) is 10.6. The van der Waals surface area contributed by atoms with E-state index >= 15 is 0 Å². The van der Waals surface area contributed by atoms with Gasteiger partial charge in [0.1, 0.15) is 5.57 Å². The maximum absolute atomic E-state index is 13.0. The van der Waals surface area contributed by atoms with Gasteiger partial charge in [0.15, 0.2) is 0 Å². The number of benzene rings is 2. The summed E-state index contributed by atoms with van der Waals surface area (Å²) < 4.78 is 1.95. The van der Waals surface area contributed by atoms with Crippen molar-refractivity contribution in [2.75, 3.05) is 0 Å². The van der Waals surface area contributed by atoms with Crippen molar-refractivity contribution in [3.05, 3.63) is 92.7 Å². The van der Waals surface area contributed by atoms with Gasteiger partial charge in [0.2, 0.25) is 0 Å². The minimum absolute atomic E-state index is 0.0679. The van der Waals surface area contributed by atoms with Gasteiger partial charge in [0, 0.05) is 17.1 Å². The van der Waals surface area contributed by atoms with Crippen LogP contribution in [0.2, 0.25) is 10.0 Å². The number of hydrogen-bond acceptors (Lipinski definition) is 3. The maximum Gasteiger partial charge on any atom is 0.331 e. The summed E-state index contributed by atoms with van der Waals surface area (Å²) in [4.78, 5) is 38.9. The highest BCUT2D eigenvalue weighted by Crippen LogP contribution is 2.29. The first-order chi connectivity index (χ1) is 15.3. The van der Waals surface area contributed by atoms with Crippen LogP contribution >= 0.6 is 23.2 Å². The fraction of sp³-hybridized carbons (Fsp3) is 0.125. The highest BCUT2D eigenvalue weighted by atomic mass is 35.5. The highest BCUT2D eigenvalue weighted by Gasteiger charge is 2.35. The Hall–Kier alpha value is -3.35. The van der Waals surface area contributed by atoms with Gasteiger partial charge in [-0.3, -0.25) is 19.8 Å². The van der Waals surface area contributed by atoms with Crippen LogP contribution in [0.25, 0.3) is 11.8 Å². The summed E-state index contributed by atoms with van der Waals surface area (Å²) in [5.41, 5.74) is 3.85. The third kappa shape index (κ3) is 4.07. The Morgan fingerprint density at radius 1 is 0.938 bits per heavy atom. The van der Waals surface area contributed by atoms with E-state index in [2.05, 4.69) is 5.32 Å². The smallest absolute Gasteiger partial charge is 0.318 e. The van der Waals surface area contributed by atoms with E-state index in [1.807, 2.05) is 60.9 Å². The summed E-state index contributed by atoms with van der Waals surface area (Å²) in [5.74, 6) is -1.36. The molecule has 4 amide bonds. The molecule has 2 heterocycles. The van der Waals surface area contributed by atoms with E-state index < -0.39 is 17.8 Å². The molecule has 8 heteroatoms. The first-order valence-electron chi connectivity index (χ1n) is 9.83. The van der Waals surface area contributed by atoms with Crippen LogP contribution in [0.5, 0.6) is 0 Å². The number of nitrogens with one attached hydrogen (secondary N) is 1. The predicted molar refractivity (Wildman–Crippen MR) is 124 cm³/mol. The summed E-state index contributed by atoms with van der Waals surface area (Å²) in [6.07, 6.45) is 1.51. The van der Waals surface area contributed by atoms with E-state index in [9.17, 15) is 14.4 Å². The second-order valence-electron chi connectivity index (χ2n) is 7.45. The van der Waals surface area contributed by atoms with E-state index in [4.69, 9.17) is 23.2 Å². The average Bonchev–Trinajstić information content (AvgIpc) is 3.04. The van der Waals surface area contributed by atoms with Crippen LogP contribution in [0.15, 0.2) is 60.2 Å². The van der Waals surface area contributed by atoms with Gasteiger partial charge in [0.25, 0.3) is 11.8 Å². The van der Waals surface area contributed by atoms with E-state index in [-0.39, 0.29) is 12.1 Å². The molecule has 0 unspecified atom stereocenters. The number of barbiturate groups is 1. The molecular weight excluding hydrogens is 449 g/mol. The summed E-state index contributed by atoms with van der Waals surface area (Å²) in [7, 11) is 0. The number of aryl methyl sites for hydroxylation is 1. The van der Waals surface area contributed by atoms with Crippen LogP contribution in [-0.4, -0.2) is 27.3 Å². The molecule has 2 aromatic carbocycles. The zero-order chi connectivity index (χ0) is 23.0. The Balaban J connectivity index is 1.71. The molecule has 3 aromatic rings. The molecule has 32 heavy (non-hydrogen) atoms. The monoisotopic (exact) mass is 467 g/mol. The van der Waals surface area contributed by atoms with E-state index in [0.717, 1.165) is 27.5 Å². The van der Waals surface area contributed by atoms with E-state index in [1.165, 1.54) is 6.08 Å². The van der Waals surface area contributed by atoms with Crippen LogP contribution in [0.3, 0.4) is 0 Å². The number of halogens is 2. The molecule has 0 radical (unpaired) electrons. The van der Waals surface area contributed by atoms with Gasteiger partial charge >= 0.3 is 6.03 Å². The van der Waals surface area contributed by atoms with Crippen molar-refractivity contribution in [3.8, 4) is 5.69 Å². The fourth-order valence-corrected chi connectivity index (χ4v) is 4.01. The Kier molecular flexibility index (Phi) is 5.91. The molecule has 0 bridgehead atoms. The SMILES string of the molecule is Cc1cc(/C=C2\C(=O)NC(=O)N(Cc3ccccc3)C2=O)c(C)n1-c1ccc(Cl)c(Cl)c1. The molecule has 6 nitrogen and oxygen atoms in total. The normalized spacial score (nSPS) is 15.4. The molecular formula is C24H19Cl2N3O3. The number of amides is 4. The van der Waals surface area contributed by atoms with Crippen molar-refractivity contribution in [1.29, 1.82) is 0 Å². The number of carbonyl (C=O) groups excluding carboxylic acids is 3. The minimum atomic E-state index is -0.734. The molecule has 1 aliphatic heterocycles. The number of hydrogen-bond donors (Lipinski definition) is 1. The van der Waals surface area contributed by atoms with Crippen LogP contribution in [0.1, 0.15) is 22.5 Å². The zero-order valence-corrected chi connectivity index (χ0v) is 18.9. The molecule has 1 N–H and O–H groups in total. The van der Waals surface area contributed by atoms with E-state index in [1.54, 1.807) is 12.1 Å². The van der Waals surface area contributed by atoms with Crippen LogP contribution in [0.4, 0.5) is 4.79 Å². The van der Waals surface area contributed by atoms with Gasteiger partial charge in [-0.2, -0.15) is 0 Å². The molecule has 0 saturated carbocycles. The Morgan fingerprint density at radius 2 is 1.66 bits per heavy atom. The van der Waals surface area contributed by atoms with Gasteiger partial charge in [-0.15, -0.1) is 0 Å². The average molecular weight is 468 g/mol. The lowest BCUT2D eigenvalue weighted by molar-refractivity contribution is -0.130. The quantitative estimate of drug-likeness (QED) is 0.430. The molecule has 0 aliphatic carbocycles. The zero-order valence-electron chi connectivity index (χ0n) is 17.4. The molecule has 1 aromatic heterocycles. The lowest BCUT2D eigenvalue weighted by atomic mass is 10.1. The second kappa shape index (κ2) is 8.65. The van der Waals surface area contributed by atoms with Crippen molar-refractivity contribution in [1.82, 2.24) is 14.8 Å². The van der Waals surface area contributed by atoms with Gasteiger partial charge in [0.05, 0.1) is 16.6 Å². The molecule has 0 atom stereocenters. The summed E-state index contributed by atoms with van der Waals surface area (Å²) in [5, 5.41) is 3.13. The van der Waals surface area contributed by atoms with Gasteiger partial charge < -0.3 is 4.57 Å². The van der Waals surface area contributed by atoms with Crippen LogP contribution in [0, 0.1) is 13.8 Å². The third-order valence-electron chi connectivity index (χ3n) is 5.30. The lowest BCUT2D eigenvalue weighted by Gasteiger charge is -2.26. The summed E-state index contributed by atoms with van der Waals surface area (Å²) >= 11 is 12.2. The number of rotatable bonds is 4. The predicted octanol–water partition coefficient (Wildman–Crippen LogP) is 5.06. The highest BCUT2D eigenvalue weighted by molar-refractivity contribution is 6.42.